The third kappa shape index (κ3) is 2.74. The number of ether oxygens (including phenoxy) is 1. The Morgan fingerprint density at radius 3 is 2.70 bits per heavy atom. The number of hydrogen-bond donors (Lipinski definition) is 2. The molecular weight excluding hydrogens is 322 g/mol. The van der Waals surface area contributed by atoms with Crippen LogP contribution in [0.15, 0.2) is 27.6 Å². The number of hydrogen-bond acceptors (Lipinski definition) is 6. The molecule has 0 spiro atoms. The van der Waals surface area contributed by atoms with Gasteiger partial charge in [0.15, 0.2) is 16.8 Å². The van der Waals surface area contributed by atoms with Crippen molar-refractivity contribution in [3.8, 4) is 5.75 Å². The monoisotopic (exact) mass is 337 g/mol. The van der Waals surface area contributed by atoms with E-state index in [1.54, 1.807) is 26.0 Å². The molecule has 23 heavy (non-hydrogen) atoms. The molecule has 2 aromatic rings. The number of carbonyl (C=O) groups is 1. The van der Waals surface area contributed by atoms with E-state index in [1.165, 1.54) is 13.0 Å². The summed E-state index contributed by atoms with van der Waals surface area (Å²) in [5.74, 6) is 0.402. The number of nitrogens with zero attached hydrogens (tertiary/aromatic N) is 1. The van der Waals surface area contributed by atoms with E-state index >= 15 is 0 Å². The van der Waals surface area contributed by atoms with Crippen LogP contribution in [0, 0.1) is 13.8 Å². The minimum Gasteiger partial charge on any atom is -0.479 e. The first kappa shape index (κ1) is 15.3. The van der Waals surface area contributed by atoms with Crippen molar-refractivity contribution >= 4 is 27.3 Å². The van der Waals surface area contributed by atoms with Crippen molar-refractivity contribution in [2.75, 3.05) is 10.0 Å². The Bertz CT molecular complexity index is 868. The number of carbonyl (C=O) groups excluding carboxylic acids is 1. The predicted molar refractivity (Wildman–Crippen MR) is 81.9 cm³/mol. The fraction of sp³-hybridized carbons (Fsp3) is 0.286. The lowest BCUT2D eigenvalue weighted by molar-refractivity contribution is -0.122. The molecule has 9 heteroatoms. The number of benzene rings is 1. The van der Waals surface area contributed by atoms with Gasteiger partial charge in [0.1, 0.15) is 11.4 Å². The molecule has 122 valence electrons. The van der Waals surface area contributed by atoms with E-state index in [0.29, 0.717) is 17.1 Å². The second kappa shape index (κ2) is 5.27. The molecule has 1 atom stereocenters. The van der Waals surface area contributed by atoms with Crippen molar-refractivity contribution in [1.82, 2.24) is 5.16 Å². The molecule has 1 aromatic carbocycles. The summed E-state index contributed by atoms with van der Waals surface area (Å²) in [4.78, 5) is 11.6. The largest absolute Gasteiger partial charge is 0.479 e. The standard InChI is InChI=1S/C14H15N3O5S/c1-7-13(8(2)22-16-7)23(19,20)17-10-4-5-12-11(6-10)15-14(18)9(3)21-12/h4-6,9,17H,1-3H3,(H,15,18)/t9-/m0/s1. The Morgan fingerprint density at radius 2 is 2.04 bits per heavy atom. The second-order valence-electron chi connectivity index (χ2n) is 5.22. The van der Waals surface area contributed by atoms with Gasteiger partial charge < -0.3 is 14.6 Å². The summed E-state index contributed by atoms with van der Waals surface area (Å²) in [5.41, 5.74) is 0.979. The number of aromatic nitrogens is 1. The van der Waals surface area contributed by atoms with Gasteiger partial charge in [0.05, 0.1) is 11.4 Å². The van der Waals surface area contributed by atoms with Crippen LogP contribution in [0.1, 0.15) is 18.4 Å². The van der Waals surface area contributed by atoms with E-state index in [1.807, 2.05) is 0 Å². The normalized spacial score (nSPS) is 17.2. The zero-order valence-corrected chi connectivity index (χ0v) is 13.5. The molecule has 0 saturated heterocycles. The number of anilines is 2. The average Bonchev–Trinajstić information content (AvgIpc) is 2.80. The number of rotatable bonds is 3. The van der Waals surface area contributed by atoms with Gasteiger partial charge in [-0.3, -0.25) is 9.52 Å². The van der Waals surface area contributed by atoms with Gasteiger partial charge in [-0.05, 0) is 39.0 Å². The molecule has 3 rings (SSSR count). The molecule has 0 radical (unpaired) electrons. The van der Waals surface area contributed by atoms with E-state index in [0.717, 1.165) is 0 Å². The van der Waals surface area contributed by atoms with Gasteiger partial charge in [0.25, 0.3) is 15.9 Å². The van der Waals surface area contributed by atoms with Gasteiger partial charge >= 0.3 is 0 Å². The predicted octanol–water partition coefficient (Wildman–Crippen LogP) is 1.81. The summed E-state index contributed by atoms with van der Waals surface area (Å²) in [7, 11) is -3.84. The molecule has 1 aliphatic heterocycles. The lowest BCUT2D eigenvalue weighted by atomic mass is 10.2. The number of fused-ring (bicyclic) bond motifs is 1. The van der Waals surface area contributed by atoms with E-state index in [2.05, 4.69) is 15.2 Å². The van der Waals surface area contributed by atoms with E-state index in [9.17, 15) is 13.2 Å². The molecule has 0 bridgehead atoms. The van der Waals surface area contributed by atoms with E-state index in [4.69, 9.17) is 9.26 Å². The summed E-state index contributed by atoms with van der Waals surface area (Å²) in [6, 6.07) is 4.64. The van der Waals surface area contributed by atoms with Crippen LogP contribution in [0.2, 0.25) is 0 Å². The van der Waals surface area contributed by atoms with Crippen molar-refractivity contribution in [3.63, 3.8) is 0 Å². The molecule has 1 amide bonds. The fourth-order valence-electron chi connectivity index (χ4n) is 2.34. The van der Waals surface area contributed by atoms with Crippen LogP contribution < -0.4 is 14.8 Å². The summed E-state index contributed by atoms with van der Waals surface area (Å²) < 4.78 is 37.7. The summed E-state index contributed by atoms with van der Waals surface area (Å²) in [6.07, 6.45) is -0.590. The maximum Gasteiger partial charge on any atom is 0.267 e. The van der Waals surface area contributed by atoms with E-state index < -0.39 is 16.1 Å². The number of sulfonamides is 1. The average molecular weight is 337 g/mol. The molecule has 2 heterocycles. The Morgan fingerprint density at radius 1 is 1.30 bits per heavy atom. The van der Waals surface area contributed by atoms with Crippen LogP contribution in [0.4, 0.5) is 11.4 Å². The minimum absolute atomic E-state index is 0.00382. The lowest BCUT2D eigenvalue weighted by Gasteiger charge is -2.23. The first-order chi connectivity index (χ1) is 10.8. The molecule has 1 aliphatic rings. The summed E-state index contributed by atoms with van der Waals surface area (Å²) in [5, 5.41) is 6.31. The molecule has 0 unspecified atom stereocenters. The van der Waals surface area contributed by atoms with Gasteiger partial charge in [-0.1, -0.05) is 5.16 Å². The zero-order valence-electron chi connectivity index (χ0n) is 12.7. The smallest absolute Gasteiger partial charge is 0.267 e. The van der Waals surface area contributed by atoms with Gasteiger partial charge in [-0.2, -0.15) is 0 Å². The summed E-state index contributed by atoms with van der Waals surface area (Å²) >= 11 is 0. The van der Waals surface area contributed by atoms with Crippen molar-refractivity contribution in [3.05, 3.63) is 29.7 Å². The second-order valence-corrected chi connectivity index (χ2v) is 6.84. The molecular formula is C14H15N3O5S. The highest BCUT2D eigenvalue weighted by molar-refractivity contribution is 7.92. The maximum atomic E-state index is 12.5. The highest BCUT2D eigenvalue weighted by Gasteiger charge is 2.26. The van der Waals surface area contributed by atoms with Crippen molar-refractivity contribution in [2.45, 2.75) is 31.8 Å². The molecule has 8 nitrogen and oxygen atoms in total. The van der Waals surface area contributed by atoms with Crippen LogP contribution in [-0.4, -0.2) is 25.6 Å². The minimum atomic E-state index is -3.84. The van der Waals surface area contributed by atoms with Crippen molar-refractivity contribution in [2.24, 2.45) is 0 Å². The topological polar surface area (TPSA) is 111 Å². The van der Waals surface area contributed by atoms with Crippen LogP contribution in [-0.2, 0) is 14.8 Å². The SMILES string of the molecule is Cc1noc(C)c1S(=O)(=O)Nc1ccc2c(c1)NC(=O)[C@H](C)O2. The molecule has 1 aromatic heterocycles. The zero-order chi connectivity index (χ0) is 16.8. The molecule has 2 N–H and O–H groups in total. The highest BCUT2D eigenvalue weighted by atomic mass is 32.2. The van der Waals surface area contributed by atoms with Crippen molar-refractivity contribution < 1.29 is 22.5 Å². The van der Waals surface area contributed by atoms with E-state index in [-0.39, 0.29) is 22.3 Å². The number of aryl methyl sites for hydroxylation is 2. The quantitative estimate of drug-likeness (QED) is 0.884. The Labute approximate surface area is 132 Å². The van der Waals surface area contributed by atoms with Gasteiger partial charge in [0.2, 0.25) is 0 Å². The first-order valence-corrected chi connectivity index (χ1v) is 8.33. The fourth-order valence-corrected chi connectivity index (χ4v) is 3.72. The number of amides is 1. The Balaban J connectivity index is 1.92. The number of nitrogens with one attached hydrogen (secondary N) is 2. The Hall–Kier alpha value is -2.55. The maximum absolute atomic E-state index is 12.5. The third-order valence-corrected chi connectivity index (χ3v) is 5.02. The van der Waals surface area contributed by atoms with Crippen molar-refractivity contribution in [1.29, 1.82) is 0 Å². The third-order valence-electron chi connectivity index (χ3n) is 3.40. The molecule has 0 aliphatic carbocycles. The van der Waals surface area contributed by atoms with Gasteiger partial charge in [-0.25, -0.2) is 8.42 Å². The Kier molecular flexibility index (Phi) is 3.52. The van der Waals surface area contributed by atoms with Gasteiger partial charge in [-0.15, -0.1) is 0 Å². The van der Waals surface area contributed by atoms with Crippen LogP contribution >= 0.6 is 0 Å². The van der Waals surface area contributed by atoms with Crippen LogP contribution in [0.5, 0.6) is 5.75 Å². The molecule has 0 fully saturated rings. The van der Waals surface area contributed by atoms with Crippen LogP contribution in [0.25, 0.3) is 0 Å². The first-order valence-electron chi connectivity index (χ1n) is 6.85. The highest BCUT2D eigenvalue weighted by Crippen LogP contribution is 2.33. The lowest BCUT2D eigenvalue weighted by Crippen LogP contribution is -2.34. The van der Waals surface area contributed by atoms with Crippen LogP contribution in [0.3, 0.4) is 0 Å². The summed E-state index contributed by atoms with van der Waals surface area (Å²) in [6.45, 7) is 4.70. The molecule has 0 saturated carbocycles. The van der Waals surface area contributed by atoms with Gasteiger partial charge in [0, 0.05) is 0 Å².